The third-order valence-electron chi connectivity index (χ3n) is 7.47. The molecule has 6 nitrogen and oxygen atoms in total. The van der Waals surface area contributed by atoms with Gasteiger partial charge in [0.15, 0.2) is 0 Å². The second-order valence-corrected chi connectivity index (χ2v) is 15.1. The topological polar surface area (TPSA) is 87.9 Å². The molecule has 0 unspecified atom stereocenters. The van der Waals surface area contributed by atoms with Gasteiger partial charge in [0.25, 0.3) is 0 Å². The average Bonchev–Trinajstić information content (AvgIpc) is 3.36. The fourth-order valence-corrected chi connectivity index (χ4v) is 10.7. The highest BCUT2D eigenvalue weighted by atomic mass is 28.3. The first kappa shape index (κ1) is 28.9. The monoisotopic (exact) mass is 525 g/mol. The lowest BCUT2D eigenvalue weighted by molar-refractivity contribution is -0.164. The summed E-state index contributed by atoms with van der Waals surface area (Å²) in [6.07, 6.45) is 5.68. The maximum Gasteiger partial charge on any atom is 0.337 e. The largest absolute Gasteiger partial charge is 0.494 e. The molecule has 2 aromatic carbocycles. The van der Waals surface area contributed by atoms with Crippen molar-refractivity contribution in [3.05, 3.63) is 65.7 Å². The van der Waals surface area contributed by atoms with Gasteiger partial charge in [-0.3, -0.25) is 0 Å². The van der Waals surface area contributed by atoms with Gasteiger partial charge in [0.05, 0.1) is 27.9 Å². The van der Waals surface area contributed by atoms with E-state index in [9.17, 15) is 9.59 Å². The van der Waals surface area contributed by atoms with Crippen molar-refractivity contribution in [3.63, 3.8) is 0 Å². The van der Waals surface area contributed by atoms with E-state index in [1.165, 1.54) is 49.0 Å². The molecular formula is C30H43NO5Si. The minimum Gasteiger partial charge on any atom is -0.494 e. The van der Waals surface area contributed by atoms with Crippen molar-refractivity contribution in [2.45, 2.75) is 82.1 Å². The van der Waals surface area contributed by atoms with Crippen molar-refractivity contribution >= 4 is 20.0 Å². The van der Waals surface area contributed by atoms with Crippen LogP contribution in [0.15, 0.2) is 54.6 Å². The standard InChI is InChI=1S/C30H43NO5Si/c1-3-34-28(32)30(31,29(33)35-4-2)19-18-25-14-16-27(17-15-25)36-20-8-9-21-37(22-10-11-23-37)24-26-12-6-5-7-13-26/h5-7,12-17H,3-4,8-11,18-24,31H2,1-2H3. The first-order chi connectivity index (χ1) is 17.9. The predicted octanol–water partition coefficient (Wildman–Crippen LogP) is 5.63. The van der Waals surface area contributed by atoms with Gasteiger partial charge in [-0.05, 0) is 56.9 Å². The molecule has 2 N–H and O–H groups in total. The summed E-state index contributed by atoms with van der Waals surface area (Å²) in [6.45, 7) is 4.38. The Morgan fingerprint density at radius 2 is 1.49 bits per heavy atom. The Morgan fingerprint density at radius 1 is 0.865 bits per heavy atom. The summed E-state index contributed by atoms with van der Waals surface area (Å²) >= 11 is 0. The van der Waals surface area contributed by atoms with E-state index < -0.39 is 25.6 Å². The van der Waals surface area contributed by atoms with E-state index in [-0.39, 0.29) is 19.6 Å². The summed E-state index contributed by atoms with van der Waals surface area (Å²) in [5.74, 6) is -0.671. The van der Waals surface area contributed by atoms with Gasteiger partial charge in [0.2, 0.25) is 5.54 Å². The van der Waals surface area contributed by atoms with E-state index in [1.54, 1.807) is 13.8 Å². The number of nitrogens with two attached hydrogens (primary N) is 1. The lowest BCUT2D eigenvalue weighted by atomic mass is 9.92. The van der Waals surface area contributed by atoms with Crippen LogP contribution in [0.2, 0.25) is 18.1 Å². The minimum atomic E-state index is -1.80. The van der Waals surface area contributed by atoms with Crippen molar-refractivity contribution in [2.75, 3.05) is 19.8 Å². The fourth-order valence-electron chi connectivity index (χ4n) is 5.36. The van der Waals surface area contributed by atoms with E-state index in [4.69, 9.17) is 19.9 Å². The third kappa shape index (κ3) is 8.43. The molecule has 0 aliphatic carbocycles. The number of carbonyl (C=O) groups excluding carboxylic acids is 2. The van der Waals surface area contributed by atoms with E-state index in [0.717, 1.165) is 17.7 Å². The van der Waals surface area contributed by atoms with Gasteiger partial charge in [-0.2, -0.15) is 0 Å². The minimum absolute atomic E-state index is 0.111. The van der Waals surface area contributed by atoms with E-state index in [1.807, 2.05) is 24.3 Å². The molecule has 1 heterocycles. The number of benzene rings is 2. The van der Waals surface area contributed by atoms with Crippen molar-refractivity contribution in [2.24, 2.45) is 5.73 Å². The van der Waals surface area contributed by atoms with Crippen LogP contribution in [0.25, 0.3) is 0 Å². The van der Waals surface area contributed by atoms with Crippen molar-refractivity contribution < 1.29 is 23.8 Å². The van der Waals surface area contributed by atoms with Gasteiger partial charge in [-0.15, -0.1) is 0 Å². The number of aryl methyl sites for hydroxylation is 1. The van der Waals surface area contributed by atoms with Crippen LogP contribution in [0.5, 0.6) is 5.75 Å². The summed E-state index contributed by atoms with van der Waals surface area (Å²) in [5.41, 5.74) is 6.83. The van der Waals surface area contributed by atoms with Crippen LogP contribution in [0.3, 0.4) is 0 Å². The molecule has 0 amide bonds. The van der Waals surface area contributed by atoms with Crippen LogP contribution >= 0.6 is 0 Å². The fraction of sp³-hybridized carbons (Fsp3) is 0.533. The number of rotatable bonds is 15. The zero-order valence-electron chi connectivity index (χ0n) is 22.5. The number of hydrogen-bond acceptors (Lipinski definition) is 6. The summed E-state index contributed by atoms with van der Waals surface area (Å²) in [5, 5.41) is 0. The molecule has 37 heavy (non-hydrogen) atoms. The maximum atomic E-state index is 12.4. The van der Waals surface area contributed by atoms with Crippen LogP contribution in [0, 0.1) is 0 Å². The number of esters is 2. The summed E-state index contributed by atoms with van der Waals surface area (Å²) in [4.78, 5) is 24.7. The zero-order valence-corrected chi connectivity index (χ0v) is 23.5. The highest BCUT2D eigenvalue weighted by Crippen LogP contribution is 2.37. The molecule has 1 fully saturated rings. The van der Waals surface area contributed by atoms with Crippen LogP contribution in [-0.2, 0) is 31.5 Å². The highest BCUT2D eigenvalue weighted by molar-refractivity contribution is 6.80. The molecule has 0 aromatic heterocycles. The molecule has 1 aliphatic heterocycles. The Kier molecular flexibility index (Phi) is 11.2. The first-order valence-corrected chi connectivity index (χ1v) is 16.6. The molecule has 3 rings (SSSR count). The van der Waals surface area contributed by atoms with E-state index in [2.05, 4.69) is 30.3 Å². The molecule has 0 bridgehead atoms. The first-order valence-electron chi connectivity index (χ1n) is 13.8. The Morgan fingerprint density at radius 3 is 2.08 bits per heavy atom. The van der Waals surface area contributed by atoms with Gasteiger partial charge in [0, 0.05) is 0 Å². The normalized spacial score (nSPS) is 14.8. The molecule has 7 heteroatoms. The molecule has 2 aromatic rings. The van der Waals surface area contributed by atoms with Crippen LogP contribution < -0.4 is 10.5 Å². The predicted molar refractivity (Wildman–Crippen MR) is 149 cm³/mol. The van der Waals surface area contributed by atoms with Crippen molar-refractivity contribution in [1.82, 2.24) is 0 Å². The second-order valence-electron chi connectivity index (χ2n) is 10.2. The summed E-state index contributed by atoms with van der Waals surface area (Å²) in [6, 6.07) is 24.5. The van der Waals surface area contributed by atoms with Crippen LogP contribution in [0.4, 0.5) is 0 Å². The molecule has 1 aliphatic rings. The number of unbranched alkanes of at least 4 members (excludes halogenated alkanes) is 1. The van der Waals surface area contributed by atoms with Crippen LogP contribution in [0.1, 0.15) is 57.1 Å². The van der Waals surface area contributed by atoms with E-state index >= 15 is 0 Å². The van der Waals surface area contributed by atoms with Gasteiger partial charge in [-0.25, -0.2) is 9.59 Å². The molecule has 1 saturated heterocycles. The number of hydrogen-bond donors (Lipinski definition) is 1. The average molecular weight is 526 g/mol. The third-order valence-corrected chi connectivity index (χ3v) is 12.9. The molecule has 0 atom stereocenters. The van der Waals surface area contributed by atoms with Gasteiger partial charge in [0.1, 0.15) is 5.75 Å². The Hall–Kier alpha value is -2.64. The van der Waals surface area contributed by atoms with Gasteiger partial charge in [-0.1, -0.05) is 85.4 Å². The molecule has 202 valence electrons. The molecule has 0 saturated carbocycles. The Labute approximate surface area is 222 Å². The lowest BCUT2D eigenvalue weighted by Crippen LogP contribution is -2.57. The zero-order chi connectivity index (χ0) is 26.6. The second kappa shape index (κ2) is 14.3. The number of ether oxygens (including phenoxy) is 3. The Bertz CT molecular complexity index is 955. The lowest BCUT2D eigenvalue weighted by Gasteiger charge is -2.27. The molecular weight excluding hydrogens is 482 g/mol. The highest BCUT2D eigenvalue weighted by Gasteiger charge is 2.44. The maximum absolute atomic E-state index is 12.4. The SMILES string of the molecule is CCOC(=O)C(N)(CCc1ccc(OCCCC[Si]2(Cc3ccccc3)CCCC2)cc1)C(=O)OCC. The Balaban J connectivity index is 1.43. The van der Waals surface area contributed by atoms with Gasteiger partial charge >= 0.3 is 11.9 Å². The smallest absolute Gasteiger partial charge is 0.337 e. The van der Waals surface area contributed by atoms with Gasteiger partial charge < -0.3 is 19.9 Å². The summed E-state index contributed by atoms with van der Waals surface area (Å²) in [7, 11) is -1.19. The summed E-state index contributed by atoms with van der Waals surface area (Å²) < 4.78 is 16.1. The van der Waals surface area contributed by atoms with Crippen molar-refractivity contribution in [1.29, 1.82) is 0 Å². The van der Waals surface area contributed by atoms with E-state index in [0.29, 0.717) is 13.0 Å². The molecule has 0 radical (unpaired) electrons. The molecule has 0 spiro atoms. The number of carbonyl (C=O) groups is 2. The quantitative estimate of drug-likeness (QED) is 0.140. The van der Waals surface area contributed by atoms with Crippen molar-refractivity contribution in [3.8, 4) is 5.75 Å². The van der Waals surface area contributed by atoms with Crippen LogP contribution in [-0.4, -0.2) is 45.4 Å².